The van der Waals surface area contributed by atoms with Gasteiger partial charge in [-0.3, -0.25) is 0 Å². The van der Waals surface area contributed by atoms with Crippen LogP contribution in [0, 0.1) is 23.7 Å². The summed E-state index contributed by atoms with van der Waals surface area (Å²) >= 11 is 24.7. The van der Waals surface area contributed by atoms with Crippen LogP contribution in [-0.4, -0.2) is 125 Å². The van der Waals surface area contributed by atoms with Crippen LogP contribution in [0.2, 0.25) is 20.1 Å². The third-order valence-corrected chi connectivity index (χ3v) is 16.1. The maximum absolute atomic E-state index is 13.8. The normalized spacial score (nSPS) is 21.1. The monoisotopic (exact) mass is 1100 g/mol. The Balaban J connectivity index is 0.000000180. The van der Waals surface area contributed by atoms with E-state index in [4.69, 9.17) is 46.4 Å². The summed E-state index contributed by atoms with van der Waals surface area (Å²) in [5.74, 6) is 3.27. The minimum atomic E-state index is -4.68. The van der Waals surface area contributed by atoms with Crippen molar-refractivity contribution < 1.29 is 31.4 Å². The van der Waals surface area contributed by atoms with Crippen molar-refractivity contribution in [3.05, 3.63) is 91.4 Å². The van der Waals surface area contributed by atoms with E-state index in [-0.39, 0.29) is 28.4 Å². The molecular weight excluding hydrogens is 1040 g/mol. The van der Waals surface area contributed by atoms with E-state index in [0.29, 0.717) is 79.1 Å². The van der Waals surface area contributed by atoms with E-state index in [1.54, 1.807) is 57.2 Å². The van der Waals surface area contributed by atoms with E-state index in [9.17, 15) is 31.4 Å². The molecule has 394 valence electrons. The number of aromatic nitrogens is 8. The Hall–Kier alpha value is -4.24. The highest BCUT2D eigenvalue weighted by molar-refractivity contribution is 6.35. The highest BCUT2D eigenvalue weighted by Crippen LogP contribution is 2.41. The van der Waals surface area contributed by atoms with Gasteiger partial charge >= 0.3 is 12.4 Å². The second-order valence-corrected chi connectivity index (χ2v) is 22.1. The van der Waals surface area contributed by atoms with Gasteiger partial charge in [0.25, 0.3) is 0 Å². The number of hydrogen-bond donors (Lipinski definition) is 1. The van der Waals surface area contributed by atoms with Crippen molar-refractivity contribution in [1.82, 2.24) is 49.3 Å². The lowest BCUT2D eigenvalue weighted by Gasteiger charge is -2.47. The van der Waals surface area contributed by atoms with E-state index in [1.165, 1.54) is 34.6 Å². The summed E-state index contributed by atoms with van der Waals surface area (Å²) in [6.07, 6.45) is -2.19. The van der Waals surface area contributed by atoms with Gasteiger partial charge in [-0.15, -0.1) is 0 Å². The lowest BCUT2D eigenvalue weighted by molar-refractivity contribution is -0.141. The standard InChI is InChI=1S/C25H29Cl2F3N6O.C25H29Cl2F3N6/c1-14(37)10-34-7-3-4-16(11-34)17-12-35(13-17)21-9-31-22-23(25(28,29)30)33-36(24(22)32-21)15(2)19-6-5-18(26)8-20(19)27;1-14(2)34-8-4-5-16(11-34)17-12-35(13-17)21-10-31-22-23(25(28,29)30)33-36(24(22)32-21)15(3)19-7-6-18(26)9-20(19)27/h5-6,8-9,14-17,37H,3-4,7,10-13H2,1-2H3;6-7,9-10,14-17H,4-5,8,11-13H2,1-3H3/t14-,15?,16?;/m1./s1. The number of aliphatic hydroxyl groups excluding tert-OH is 1. The summed E-state index contributed by atoms with van der Waals surface area (Å²) in [6.45, 7) is 17.8. The van der Waals surface area contributed by atoms with Gasteiger partial charge in [0.1, 0.15) is 22.7 Å². The minimum Gasteiger partial charge on any atom is -0.392 e. The van der Waals surface area contributed by atoms with Gasteiger partial charge in [-0.05, 0) is 132 Å². The first-order chi connectivity index (χ1) is 34.5. The Labute approximate surface area is 439 Å². The van der Waals surface area contributed by atoms with E-state index in [0.717, 1.165) is 65.2 Å². The topological polar surface area (TPSA) is 120 Å². The minimum absolute atomic E-state index is 0.0626. The largest absolute Gasteiger partial charge is 0.437 e. The van der Waals surface area contributed by atoms with Crippen molar-refractivity contribution in [2.24, 2.45) is 23.7 Å². The number of hydrogen-bond acceptors (Lipinski definition) is 11. The molecule has 0 spiro atoms. The Morgan fingerprint density at radius 1 is 0.603 bits per heavy atom. The van der Waals surface area contributed by atoms with Gasteiger partial charge in [0, 0.05) is 71.9 Å². The zero-order valence-corrected chi connectivity index (χ0v) is 44.0. The molecule has 5 atom stereocenters. The van der Waals surface area contributed by atoms with Crippen molar-refractivity contribution in [3.63, 3.8) is 0 Å². The van der Waals surface area contributed by atoms with E-state index < -0.39 is 35.8 Å². The van der Waals surface area contributed by atoms with Gasteiger partial charge in [0.05, 0.1) is 30.6 Å². The number of aliphatic hydroxyl groups is 1. The number of anilines is 2. The first kappa shape index (κ1) is 53.6. The van der Waals surface area contributed by atoms with Gasteiger partial charge in [-0.25, -0.2) is 29.3 Å². The van der Waals surface area contributed by atoms with Crippen LogP contribution in [0.5, 0.6) is 0 Å². The molecule has 0 saturated carbocycles. The molecule has 0 radical (unpaired) electrons. The third-order valence-electron chi connectivity index (χ3n) is 15.0. The molecule has 10 rings (SSSR count). The van der Waals surface area contributed by atoms with Crippen LogP contribution in [0.25, 0.3) is 22.3 Å². The number of halogens is 10. The molecule has 1 N–H and O–H groups in total. The number of benzene rings is 2. The van der Waals surface area contributed by atoms with Crippen LogP contribution in [0.1, 0.15) is 94.9 Å². The molecular formula is C50H58Cl4F6N12O. The zero-order chi connectivity index (χ0) is 52.3. The quantitative estimate of drug-likeness (QED) is 0.125. The first-order valence-electron chi connectivity index (χ1n) is 24.7. The second-order valence-electron chi connectivity index (χ2n) is 20.4. The molecule has 0 bridgehead atoms. The molecule has 23 heteroatoms. The summed E-state index contributed by atoms with van der Waals surface area (Å²) in [5.41, 5.74) is -1.34. The Kier molecular flexibility index (Phi) is 15.7. The third kappa shape index (κ3) is 11.5. The molecule has 0 amide bonds. The second kappa shape index (κ2) is 21.4. The van der Waals surface area contributed by atoms with Crippen LogP contribution in [0.3, 0.4) is 0 Å². The molecule has 0 aliphatic carbocycles. The van der Waals surface area contributed by atoms with Gasteiger partial charge in [-0.1, -0.05) is 58.5 Å². The lowest BCUT2D eigenvalue weighted by Crippen LogP contribution is -2.54. The molecule has 4 unspecified atom stereocenters. The molecule has 13 nitrogen and oxygen atoms in total. The molecule has 4 aromatic heterocycles. The van der Waals surface area contributed by atoms with Gasteiger partial charge in [-0.2, -0.15) is 36.5 Å². The number of fused-ring (bicyclic) bond motifs is 2. The summed E-state index contributed by atoms with van der Waals surface area (Å²) in [6, 6.07) is 9.09. The summed E-state index contributed by atoms with van der Waals surface area (Å²) in [7, 11) is 0. The maximum Gasteiger partial charge on any atom is 0.437 e. The van der Waals surface area contributed by atoms with Crippen LogP contribution < -0.4 is 9.80 Å². The summed E-state index contributed by atoms with van der Waals surface area (Å²) < 4.78 is 85.4. The molecule has 4 aliphatic rings. The molecule has 4 fully saturated rings. The summed E-state index contributed by atoms with van der Waals surface area (Å²) in [4.78, 5) is 26.6. The average molecular weight is 1100 g/mol. The molecule has 8 heterocycles. The van der Waals surface area contributed by atoms with E-state index >= 15 is 0 Å². The van der Waals surface area contributed by atoms with Gasteiger partial charge in [0.2, 0.25) is 0 Å². The highest BCUT2D eigenvalue weighted by Gasteiger charge is 2.43. The van der Waals surface area contributed by atoms with E-state index in [2.05, 4.69) is 63.6 Å². The molecule has 2 aromatic carbocycles. The number of nitrogens with zero attached hydrogens (tertiary/aromatic N) is 12. The highest BCUT2D eigenvalue weighted by atomic mass is 35.5. The fourth-order valence-electron chi connectivity index (χ4n) is 10.9. The Bertz CT molecular complexity index is 2920. The molecule has 4 aliphatic heterocycles. The lowest BCUT2D eigenvalue weighted by atomic mass is 9.80. The maximum atomic E-state index is 13.8. The van der Waals surface area contributed by atoms with Crippen molar-refractivity contribution in [2.75, 3.05) is 68.7 Å². The smallest absolute Gasteiger partial charge is 0.392 e. The number of rotatable bonds is 11. The van der Waals surface area contributed by atoms with Gasteiger partial charge in [0.15, 0.2) is 22.7 Å². The van der Waals surface area contributed by atoms with Gasteiger partial charge < -0.3 is 24.7 Å². The number of likely N-dealkylation sites (tertiary alicyclic amines) is 2. The van der Waals surface area contributed by atoms with Crippen LogP contribution in [0.15, 0.2) is 48.8 Å². The Morgan fingerprint density at radius 2 is 1.04 bits per heavy atom. The predicted molar refractivity (Wildman–Crippen MR) is 273 cm³/mol. The van der Waals surface area contributed by atoms with Crippen molar-refractivity contribution in [1.29, 1.82) is 0 Å². The Morgan fingerprint density at radius 3 is 1.45 bits per heavy atom. The number of alkyl halides is 6. The average Bonchev–Trinajstić information content (AvgIpc) is 3.88. The zero-order valence-electron chi connectivity index (χ0n) is 41.0. The van der Waals surface area contributed by atoms with Crippen molar-refractivity contribution in [3.8, 4) is 0 Å². The predicted octanol–water partition coefficient (Wildman–Crippen LogP) is 11.6. The van der Waals surface area contributed by atoms with E-state index in [1.807, 2.05) is 0 Å². The summed E-state index contributed by atoms with van der Waals surface area (Å²) in [5, 5.41) is 19.1. The van der Waals surface area contributed by atoms with Crippen molar-refractivity contribution >= 4 is 80.4 Å². The van der Waals surface area contributed by atoms with Crippen LogP contribution in [-0.2, 0) is 12.4 Å². The SMILES string of the molecule is CC(C)N1CCCC(C2CN(c3cnc4c(C(F)(F)F)nn(C(C)c5ccc(Cl)cc5Cl)c4n3)C2)C1.CC(c1ccc(Cl)cc1Cl)n1nc(C(F)(F)F)c2ncc(N3CC(C4CCCN(C[C@@H](C)O)C4)C3)nc21. The first-order valence-corrected chi connectivity index (χ1v) is 26.2. The molecule has 6 aromatic rings. The fourth-order valence-corrected chi connectivity index (χ4v) is 12.0. The van der Waals surface area contributed by atoms with Crippen molar-refractivity contribution in [2.45, 2.75) is 96.9 Å². The number of piperidine rings is 2. The van der Waals surface area contributed by atoms with Crippen LogP contribution >= 0.6 is 46.4 Å². The molecule has 4 saturated heterocycles. The fraction of sp³-hybridized carbons (Fsp3) is 0.560. The number of β-amino-alcohol motifs (C(OH)–C–C–N with tert-alkyl or cyclic N) is 1. The van der Waals surface area contributed by atoms with Crippen LogP contribution in [0.4, 0.5) is 38.0 Å². The molecule has 73 heavy (non-hydrogen) atoms.